The van der Waals surface area contributed by atoms with Gasteiger partial charge in [-0.1, -0.05) is 11.6 Å². The van der Waals surface area contributed by atoms with E-state index in [1.54, 1.807) is 0 Å². The lowest BCUT2D eigenvalue weighted by Crippen LogP contribution is -2.37. The molecule has 0 bridgehead atoms. The number of hydrogen-bond donors (Lipinski definition) is 3. The fraction of sp³-hybridized carbons (Fsp3) is 0.211. The first-order valence-corrected chi connectivity index (χ1v) is 9.48. The summed E-state index contributed by atoms with van der Waals surface area (Å²) in [5.41, 5.74) is 1.19. The summed E-state index contributed by atoms with van der Waals surface area (Å²) in [4.78, 5) is 24.3. The van der Waals surface area contributed by atoms with Gasteiger partial charge in [-0.2, -0.15) is 20.3 Å². The van der Waals surface area contributed by atoms with E-state index < -0.39 is 30.2 Å². The number of nitrogens with zero attached hydrogens (tertiary/aromatic N) is 4. The van der Waals surface area contributed by atoms with E-state index in [0.29, 0.717) is 21.6 Å². The Morgan fingerprint density at radius 1 is 1.24 bits per heavy atom. The monoisotopic (exact) mass is 482 g/mol. The Morgan fingerprint density at radius 2 is 1.94 bits per heavy atom. The fourth-order valence-electron chi connectivity index (χ4n) is 2.81. The molecule has 3 aromatic rings. The molecule has 14 heteroatoms. The highest BCUT2D eigenvalue weighted by Crippen LogP contribution is 2.23. The van der Waals surface area contributed by atoms with Crippen LogP contribution in [-0.2, 0) is 13.1 Å². The van der Waals surface area contributed by atoms with Crippen LogP contribution in [0.25, 0.3) is 11.0 Å². The summed E-state index contributed by atoms with van der Waals surface area (Å²) >= 11 is 6.03. The Labute approximate surface area is 188 Å². The van der Waals surface area contributed by atoms with E-state index in [9.17, 15) is 28.0 Å². The van der Waals surface area contributed by atoms with Crippen LogP contribution in [0.15, 0.2) is 36.4 Å². The zero-order chi connectivity index (χ0) is 24.2. The number of rotatable bonds is 7. The molecule has 0 aliphatic rings. The van der Waals surface area contributed by atoms with Gasteiger partial charge < -0.3 is 20.5 Å². The number of ether oxygens (including phenoxy) is 1. The van der Waals surface area contributed by atoms with Gasteiger partial charge in [-0.25, -0.2) is 4.79 Å². The number of hydrogen-bond acceptors (Lipinski definition) is 6. The predicted octanol–water partition coefficient (Wildman–Crippen LogP) is 3.07. The molecule has 1 unspecified atom stereocenters. The van der Waals surface area contributed by atoms with Crippen LogP contribution in [0.1, 0.15) is 15.9 Å². The molecule has 0 spiro atoms. The largest absolute Gasteiger partial charge is 0.573 e. The van der Waals surface area contributed by atoms with E-state index in [4.69, 9.17) is 16.7 Å². The SMILES string of the molecule is N#CC(Cn1nc2cc(Cl)cc(CNC(=O)O)c2n1)NC(=O)c1ccc(OC(F)(F)F)cc1. The van der Waals surface area contributed by atoms with Crippen LogP contribution in [-0.4, -0.2) is 44.5 Å². The number of carbonyl (C=O) groups is 2. The van der Waals surface area contributed by atoms with Crippen molar-refractivity contribution in [1.29, 1.82) is 5.26 Å². The maximum Gasteiger partial charge on any atom is 0.573 e. The van der Waals surface area contributed by atoms with Gasteiger partial charge in [0.1, 0.15) is 22.8 Å². The first kappa shape index (κ1) is 23.6. The standard InChI is InChI=1S/C19H14ClF3N6O4/c20-12-5-11(8-25-18(31)32)16-15(6-12)27-29(28-16)9-13(7-24)26-17(30)10-1-3-14(4-2-10)33-19(21,22)23/h1-6,13,25H,8-9H2,(H,26,30)(H,31,32). The second-order valence-electron chi connectivity index (χ2n) is 6.57. The van der Waals surface area contributed by atoms with Gasteiger partial charge >= 0.3 is 12.5 Å². The van der Waals surface area contributed by atoms with Crippen molar-refractivity contribution in [3.8, 4) is 11.8 Å². The topological polar surface area (TPSA) is 142 Å². The molecule has 172 valence electrons. The zero-order valence-electron chi connectivity index (χ0n) is 16.4. The van der Waals surface area contributed by atoms with E-state index in [0.717, 1.165) is 29.1 Å². The summed E-state index contributed by atoms with van der Waals surface area (Å²) in [5, 5.41) is 31.6. The van der Waals surface area contributed by atoms with Crippen LogP contribution in [0.3, 0.4) is 0 Å². The van der Waals surface area contributed by atoms with E-state index in [1.807, 2.05) is 6.07 Å². The van der Waals surface area contributed by atoms with Crippen molar-refractivity contribution in [1.82, 2.24) is 25.6 Å². The molecule has 1 aromatic heterocycles. The minimum Gasteiger partial charge on any atom is -0.465 e. The smallest absolute Gasteiger partial charge is 0.465 e. The van der Waals surface area contributed by atoms with Crippen molar-refractivity contribution >= 4 is 34.6 Å². The normalized spacial score (nSPS) is 12.1. The van der Waals surface area contributed by atoms with Crippen LogP contribution in [0.2, 0.25) is 5.02 Å². The summed E-state index contributed by atoms with van der Waals surface area (Å²) in [6, 6.07) is 8.02. The summed E-state index contributed by atoms with van der Waals surface area (Å²) in [5.74, 6) is -1.19. The summed E-state index contributed by atoms with van der Waals surface area (Å²) in [6.45, 7) is -0.229. The molecule has 10 nitrogen and oxygen atoms in total. The highest BCUT2D eigenvalue weighted by molar-refractivity contribution is 6.31. The van der Waals surface area contributed by atoms with Crippen LogP contribution < -0.4 is 15.4 Å². The van der Waals surface area contributed by atoms with Gasteiger partial charge in [0.15, 0.2) is 0 Å². The number of nitriles is 1. The van der Waals surface area contributed by atoms with Gasteiger partial charge in [0, 0.05) is 22.7 Å². The molecule has 1 heterocycles. The molecule has 3 rings (SSSR count). The van der Waals surface area contributed by atoms with Gasteiger partial charge in [0.2, 0.25) is 0 Å². The number of aromatic nitrogens is 3. The number of halogens is 4. The molecule has 0 fully saturated rings. The summed E-state index contributed by atoms with van der Waals surface area (Å²) < 4.78 is 40.5. The molecule has 1 atom stereocenters. The molecule has 2 amide bonds. The van der Waals surface area contributed by atoms with Crippen molar-refractivity contribution in [2.75, 3.05) is 0 Å². The van der Waals surface area contributed by atoms with E-state index >= 15 is 0 Å². The molecular weight excluding hydrogens is 469 g/mol. The molecule has 2 aromatic carbocycles. The lowest BCUT2D eigenvalue weighted by molar-refractivity contribution is -0.274. The minimum absolute atomic E-state index is 0.0113. The number of amides is 2. The van der Waals surface area contributed by atoms with Crippen LogP contribution in [0.5, 0.6) is 5.75 Å². The Morgan fingerprint density at radius 3 is 2.55 bits per heavy atom. The average molecular weight is 483 g/mol. The van der Waals surface area contributed by atoms with Gasteiger partial charge in [0.05, 0.1) is 12.6 Å². The molecule has 0 aliphatic heterocycles. The highest BCUT2D eigenvalue weighted by atomic mass is 35.5. The van der Waals surface area contributed by atoms with E-state index in [-0.39, 0.29) is 18.7 Å². The lowest BCUT2D eigenvalue weighted by atomic mass is 10.2. The minimum atomic E-state index is -4.86. The quantitative estimate of drug-likeness (QED) is 0.469. The number of carboxylic acid groups (broad SMARTS) is 1. The third kappa shape index (κ3) is 6.47. The Balaban J connectivity index is 1.71. The maximum absolute atomic E-state index is 12.4. The van der Waals surface area contributed by atoms with Crippen molar-refractivity contribution in [2.24, 2.45) is 0 Å². The van der Waals surface area contributed by atoms with Crippen LogP contribution in [0.4, 0.5) is 18.0 Å². The second kappa shape index (κ2) is 9.61. The molecule has 0 radical (unpaired) electrons. The Kier molecular flexibility index (Phi) is 6.88. The predicted molar refractivity (Wildman–Crippen MR) is 107 cm³/mol. The van der Waals surface area contributed by atoms with Gasteiger partial charge in [-0.05, 0) is 36.4 Å². The summed E-state index contributed by atoms with van der Waals surface area (Å²) in [7, 11) is 0. The van der Waals surface area contributed by atoms with Crippen molar-refractivity contribution < 1.29 is 32.6 Å². The molecule has 3 N–H and O–H groups in total. The summed E-state index contributed by atoms with van der Waals surface area (Å²) in [6.07, 6.45) is -6.09. The Hall–Kier alpha value is -4.05. The van der Waals surface area contributed by atoms with Gasteiger partial charge in [-0.15, -0.1) is 13.2 Å². The highest BCUT2D eigenvalue weighted by Gasteiger charge is 2.31. The molecule has 0 saturated carbocycles. The number of carbonyl (C=O) groups excluding carboxylic acids is 1. The van der Waals surface area contributed by atoms with Gasteiger partial charge in [0.25, 0.3) is 5.91 Å². The zero-order valence-corrected chi connectivity index (χ0v) is 17.2. The van der Waals surface area contributed by atoms with E-state index in [2.05, 4.69) is 25.6 Å². The number of fused-ring (bicyclic) bond motifs is 1. The lowest BCUT2D eigenvalue weighted by Gasteiger charge is -2.12. The van der Waals surface area contributed by atoms with Crippen LogP contribution >= 0.6 is 11.6 Å². The molecule has 33 heavy (non-hydrogen) atoms. The Bertz CT molecular complexity index is 1220. The van der Waals surface area contributed by atoms with Crippen molar-refractivity contribution in [3.05, 3.63) is 52.5 Å². The molecule has 0 aliphatic carbocycles. The second-order valence-corrected chi connectivity index (χ2v) is 7.01. The van der Waals surface area contributed by atoms with Crippen LogP contribution in [0, 0.1) is 11.3 Å². The first-order chi connectivity index (χ1) is 15.5. The third-order valence-corrected chi connectivity index (χ3v) is 4.38. The molecular formula is C19H14ClF3N6O4. The molecule has 0 saturated heterocycles. The average Bonchev–Trinajstić information content (AvgIpc) is 3.12. The fourth-order valence-corrected chi connectivity index (χ4v) is 3.05. The van der Waals surface area contributed by atoms with Crippen molar-refractivity contribution in [2.45, 2.75) is 25.5 Å². The number of alkyl halides is 3. The maximum atomic E-state index is 12.4. The van der Waals surface area contributed by atoms with E-state index in [1.165, 1.54) is 12.1 Å². The number of nitrogens with one attached hydrogen (secondary N) is 2. The number of benzene rings is 2. The first-order valence-electron chi connectivity index (χ1n) is 9.10. The third-order valence-electron chi connectivity index (χ3n) is 4.16. The van der Waals surface area contributed by atoms with Gasteiger partial charge in [-0.3, -0.25) is 4.79 Å². The van der Waals surface area contributed by atoms with Crippen molar-refractivity contribution in [3.63, 3.8) is 0 Å².